The van der Waals surface area contributed by atoms with Crippen molar-refractivity contribution in [3.8, 4) is 27.8 Å². The van der Waals surface area contributed by atoms with Gasteiger partial charge in [-0.2, -0.15) is 0 Å². The number of aliphatic imine (C=N–C) groups is 1. The lowest BCUT2D eigenvalue weighted by molar-refractivity contribution is 0.232. The minimum Gasteiger partial charge on any atom is -0.475 e. The zero-order chi connectivity index (χ0) is 18.6. The minimum absolute atomic E-state index is 0.108. The Kier molecular flexibility index (Phi) is 5.30. The maximum atomic E-state index is 5.59. The van der Waals surface area contributed by atoms with Gasteiger partial charge >= 0.3 is 0 Å². The van der Waals surface area contributed by atoms with Crippen molar-refractivity contribution in [2.75, 3.05) is 18.4 Å². The van der Waals surface area contributed by atoms with Crippen LogP contribution in [0.15, 0.2) is 34.1 Å². The summed E-state index contributed by atoms with van der Waals surface area (Å²) in [5.74, 6) is 1.41. The number of guanidine groups is 1. The summed E-state index contributed by atoms with van der Waals surface area (Å²) in [7, 11) is 0. The van der Waals surface area contributed by atoms with E-state index >= 15 is 0 Å². The summed E-state index contributed by atoms with van der Waals surface area (Å²) in [6.07, 6.45) is 2.97. The molecular weight excluding hydrogens is 380 g/mol. The van der Waals surface area contributed by atoms with Crippen LogP contribution < -0.4 is 15.4 Å². The average molecular weight is 401 g/mol. The van der Waals surface area contributed by atoms with Gasteiger partial charge in [-0.05, 0) is 26.3 Å². The van der Waals surface area contributed by atoms with Crippen molar-refractivity contribution in [2.45, 2.75) is 26.4 Å². The fraction of sp³-hybridized carbons (Fsp3) is 0.333. The molecule has 3 aromatic heterocycles. The lowest BCUT2D eigenvalue weighted by Crippen LogP contribution is -2.35. The molecule has 140 valence electrons. The van der Waals surface area contributed by atoms with Crippen molar-refractivity contribution < 1.29 is 4.74 Å². The predicted octanol–water partition coefficient (Wildman–Crippen LogP) is 3.88. The molecule has 3 aromatic rings. The van der Waals surface area contributed by atoms with Gasteiger partial charge in [-0.3, -0.25) is 4.99 Å². The molecule has 4 heterocycles. The number of nitrogens with zero attached hydrogens (tertiary/aromatic N) is 4. The molecule has 0 bridgehead atoms. The van der Waals surface area contributed by atoms with Gasteiger partial charge in [-0.1, -0.05) is 0 Å². The number of hydrogen-bond donors (Lipinski definition) is 2. The van der Waals surface area contributed by atoms with Crippen LogP contribution in [0.5, 0.6) is 5.88 Å². The number of nitrogens with one attached hydrogen (secondary N) is 2. The largest absolute Gasteiger partial charge is 0.475 e. The maximum absolute atomic E-state index is 5.59. The topological polar surface area (TPSA) is 84.3 Å². The average Bonchev–Trinajstić information content (AvgIpc) is 3.32. The van der Waals surface area contributed by atoms with Crippen LogP contribution in [0.4, 0.5) is 5.13 Å². The van der Waals surface area contributed by atoms with Gasteiger partial charge in [0.2, 0.25) is 5.88 Å². The highest BCUT2D eigenvalue weighted by molar-refractivity contribution is 7.14. The van der Waals surface area contributed by atoms with E-state index in [1.54, 1.807) is 28.9 Å². The monoisotopic (exact) mass is 400 g/mol. The van der Waals surface area contributed by atoms with E-state index in [4.69, 9.17) is 9.72 Å². The Balaban J connectivity index is 1.47. The number of pyridine rings is 1. The molecule has 1 aliphatic rings. The maximum Gasteiger partial charge on any atom is 0.213 e. The Hall–Kier alpha value is -2.52. The normalized spacial score (nSPS) is 14.0. The molecule has 0 radical (unpaired) electrons. The van der Waals surface area contributed by atoms with Gasteiger partial charge in [-0.25, -0.2) is 15.0 Å². The van der Waals surface area contributed by atoms with E-state index in [0.29, 0.717) is 5.88 Å². The van der Waals surface area contributed by atoms with Crippen LogP contribution >= 0.6 is 22.7 Å². The van der Waals surface area contributed by atoms with E-state index in [1.807, 2.05) is 36.7 Å². The third kappa shape index (κ3) is 4.42. The minimum atomic E-state index is 0.108. The van der Waals surface area contributed by atoms with E-state index in [9.17, 15) is 0 Å². The van der Waals surface area contributed by atoms with Crippen LogP contribution in [0.25, 0.3) is 22.0 Å². The fourth-order valence-corrected chi connectivity index (χ4v) is 4.02. The number of rotatable bonds is 5. The van der Waals surface area contributed by atoms with E-state index in [-0.39, 0.29) is 6.10 Å². The van der Waals surface area contributed by atoms with Gasteiger partial charge in [0.05, 0.1) is 6.10 Å². The summed E-state index contributed by atoms with van der Waals surface area (Å²) in [6.45, 7) is 5.75. The molecule has 0 aromatic carbocycles. The molecule has 0 amide bonds. The number of thiazole rings is 2. The Morgan fingerprint density at radius 3 is 2.74 bits per heavy atom. The number of ether oxygens (including phenoxy) is 1. The van der Waals surface area contributed by atoms with Crippen molar-refractivity contribution in [2.24, 2.45) is 4.99 Å². The first-order valence-electron chi connectivity index (χ1n) is 8.77. The second-order valence-corrected chi connectivity index (χ2v) is 7.98. The summed E-state index contributed by atoms with van der Waals surface area (Å²) in [5, 5.41) is 12.2. The van der Waals surface area contributed by atoms with Crippen molar-refractivity contribution >= 4 is 33.8 Å². The molecule has 0 fully saturated rings. The van der Waals surface area contributed by atoms with Crippen molar-refractivity contribution in [3.63, 3.8) is 0 Å². The quantitative estimate of drug-likeness (QED) is 0.676. The molecule has 0 saturated carbocycles. The van der Waals surface area contributed by atoms with Crippen LogP contribution in [-0.2, 0) is 0 Å². The molecule has 2 N–H and O–H groups in total. The van der Waals surface area contributed by atoms with Crippen LogP contribution in [-0.4, -0.2) is 40.1 Å². The summed E-state index contributed by atoms with van der Waals surface area (Å²) in [6, 6.07) is 3.85. The first-order chi connectivity index (χ1) is 13.2. The standard InChI is InChI=1S/C18H20N6OS2/c1-11(2)25-15-5-4-12(8-21-15)16-22-13(9-26-16)14-10-27-18(23-14)24-17-19-6-3-7-20-17/h4-5,8-11H,3,6-7H2,1-2H3,(H2,19,20,23,24). The molecular formula is C18H20N6OS2. The molecule has 7 nitrogen and oxygen atoms in total. The number of anilines is 1. The van der Waals surface area contributed by atoms with Crippen LogP contribution in [0, 0.1) is 0 Å². The second-order valence-electron chi connectivity index (χ2n) is 6.26. The van der Waals surface area contributed by atoms with Crippen molar-refractivity contribution in [1.82, 2.24) is 20.3 Å². The Labute approximate surface area is 165 Å². The van der Waals surface area contributed by atoms with E-state index in [1.165, 1.54) is 0 Å². The van der Waals surface area contributed by atoms with Gasteiger partial charge in [-0.15, -0.1) is 22.7 Å². The van der Waals surface area contributed by atoms with Crippen LogP contribution in [0.2, 0.25) is 0 Å². The zero-order valence-electron chi connectivity index (χ0n) is 15.1. The third-order valence-electron chi connectivity index (χ3n) is 3.73. The molecule has 0 spiro atoms. The van der Waals surface area contributed by atoms with E-state index in [0.717, 1.165) is 52.6 Å². The van der Waals surface area contributed by atoms with Crippen LogP contribution in [0.3, 0.4) is 0 Å². The van der Waals surface area contributed by atoms with Gasteiger partial charge in [0.25, 0.3) is 0 Å². The van der Waals surface area contributed by atoms with Crippen LogP contribution in [0.1, 0.15) is 20.3 Å². The highest BCUT2D eigenvalue weighted by Gasteiger charge is 2.12. The van der Waals surface area contributed by atoms with E-state index in [2.05, 4.69) is 25.6 Å². The van der Waals surface area contributed by atoms with Crippen molar-refractivity contribution in [1.29, 1.82) is 0 Å². The summed E-state index contributed by atoms with van der Waals surface area (Å²) >= 11 is 3.12. The first kappa shape index (κ1) is 17.9. The Bertz CT molecular complexity index is 931. The van der Waals surface area contributed by atoms with Crippen molar-refractivity contribution in [3.05, 3.63) is 29.1 Å². The lowest BCUT2D eigenvalue weighted by atomic mass is 10.3. The predicted molar refractivity (Wildman–Crippen MR) is 111 cm³/mol. The summed E-state index contributed by atoms with van der Waals surface area (Å²) in [5.41, 5.74) is 2.69. The molecule has 27 heavy (non-hydrogen) atoms. The molecule has 0 aliphatic carbocycles. The molecule has 0 atom stereocenters. The van der Waals surface area contributed by atoms with Gasteiger partial charge < -0.3 is 15.4 Å². The Morgan fingerprint density at radius 2 is 2.00 bits per heavy atom. The second kappa shape index (κ2) is 8.01. The van der Waals surface area contributed by atoms with Gasteiger partial charge in [0.1, 0.15) is 16.4 Å². The summed E-state index contributed by atoms with van der Waals surface area (Å²) in [4.78, 5) is 18.1. The van der Waals surface area contributed by atoms with Gasteiger partial charge in [0.15, 0.2) is 11.1 Å². The molecule has 0 unspecified atom stereocenters. The third-order valence-corrected chi connectivity index (χ3v) is 5.38. The highest BCUT2D eigenvalue weighted by Crippen LogP contribution is 2.31. The molecule has 4 rings (SSSR count). The molecule has 1 aliphatic heterocycles. The zero-order valence-corrected chi connectivity index (χ0v) is 16.7. The number of hydrogen-bond acceptors (Lipinski definition) is 9. The SMILES string of the molecule is CC(C)Oc1ccc(-c2nc(-c3csc(NC4=NCCCN4)n3)cs2)cn1. The highest BCUT2D eigenvalue weighted by atomic mass is 32.1. The first-order valence-corrected chi connectivity index (χ1v) is 10.5. The molecule has 0 saturated heterocycles. The van der Waals surface area contributed by atoms with Gasteiger partial charge in [0, 0.05) is 41.7 Å². The summed E-state index contributed by atoms with van der Waals surface area (Å²) < 4.78 is 5.59. The molecule has 9 heteroatoms. The Morgan fingerprint density at radius 1 is 1.15 bits per heavy atom. The van der Waals surface area contributed by atoms with E-state index < -0.39 is 0 Å². The fourth-order valence-electron chi connectivity index (χ4n) is 2.51. The smallest absolute Gasteiger partial charge is 0.213 e. The number of aromatic nitrogens is 3. The lowest BCUT2D eigenvalue weighted by Gasteiger charge is -2.13.